The Morgan fingerprint density at radius 3 is 2.71 bits per heavy atom. The van der Waals surface area contributed by atoms with Gasteiger partial charge in [-0.25, -0.2) is 4.98 Å². The number of aromatic nitrogens is 1. The summed E-state index contributed by atoms with van der Waals surface area (Å²) in [6, 6.07) is 2.26. The maximum atomic E-state index is 12.7. The number of fused-ring (bicyclic) bond motifs is 4. The van der Waals surface area contributed by atoms with Crippen LogP contribution in [-0.2, 0) is 16.1 Å². The molecule has 0 amide bonds. The summed E-state index contributed by atoms with van der Waals surface area (Å²) in [5.74, 6) is 0.0242. The summed E-state index contributed by atoms with van der Waals surface area (Å²) in [6.45, 7) is 10.9. The van der Waals surface area contributed by atoms with Crippen LogP contribution in [0.15, 0.2) is 35.6 Å². The topological polar surface area (TPSA) is 42.4 Å². The van der Waals surface area contributed by atoms with E-state index < -0.39 is 5.60 Å². The Hall–Kier alpha value is -2.46. The van der Waals surface area contributed by atoms with Crippen molar-refractivity contribution in [1.82, 2.24) is 9.88 Å². The van der Waals surface area contributed by atoms with Crippen LogP contribution in [0.1, 0.15) is 57.7 Å². The van der Waals surface area contributed by atoms with Gasteiger partial charge in [0.25, 0.3) is 0 Å². The molecule has 1 atom stereocenters. The molecule has 0 fully saturated rings. The molecule has 0 saturated carbocycles. The summed E-state index contributed by atoms with van der Waals surface area (Å²) in [5.41, 5.74) is 5.30. The van der Waals surface area contributed by atoms with Crippen LogP contribution in [0, 0.1) is 0 Å². The van der Waals surface area contributed by atoms with E-state index in [0.29, 0.717) is 6.42 Å². The summed E-state index contributed by atoms with van der Waals surface area (Å²) in [6.07, 6.45) is 10.1. The van der Waals surface area contributed by atoms with Gasteiger partial charge in [0.15, 0.2) is 11.4 Å². The van der Waals surface area contributed by atoms with Crippen molar-refractivity contribution in [3.8, 4) is 0 Å². The monoisotopic (exact) mass is 376 g/mol. The smallest absolute Gasteiger partial charge is 0.166 e. The number of pyridine rings is 1. The summed E-state index contributed by atoms with van der Waals surface area (Å²) < 4.78 is 5.85. The predicted molar refractivity (Wildman–Crippen MR) is 112 cm³/mol. The number of carbonyl (C=O) groups excluding carboxylic acids is 1. The lowest BCUT2D eigenvalue weighted by atomic mass is 9.80. The van der Waals surface area contributed by atoms with Crippen LogP contribution in [-0.4, -0.2) is 28.4 Å². The maximum Gasteiger partial charge on any atom is 0.166 e. The van der Waals surface area contributed by atoms with Crippen LogP contribution in [0.4, 0.5) is 0 Å². The Morgan fingerprint density at radius 2 is 2.07 bits per heavy atom. The summed E-state index contributed by atoms with van der Waals surface area (Å²) in [5, 5.41) is 2.29. The molecule has 1 aromatic heterocycles. The van der Waals surface area contributed by atoms with Gasteiger partial charge in [-0.15, -0.1) is 0 Å². The molecule has 4 rings (SSSR count). The Labute approximate surface area is 166 Å². The van der Waals surface area contributed by atoms with Crippen molar-refractivity contribution >= 4 is 23.6 Å². The van der Waals surface area contributed by atoms with Crippen molar-refractivity contribution < 1.29 is 9.53 Å². The normalized spacial score (nSPS) is 19.8. The van der Waals surface area contributed by atoms with Gasteiger partial charge in [0.05, 0.1) is 23.3 Å². The molecule has 0 saturated heterocycles. The highest BCUT2D eigenvalue weighted by Gasteiger charge is 2.43. The number of ether oxygens (including phenoxy) is 1. The average Bonchev–Trinajstić information content (AvgIpc) is 3.05. The largest absolute Gasteiger partial charge is 0.366 e. The zero-order valence-corrected chi connectivity index (χ0v) is 17.3. The third-order valence-corrected chi connectivity index (χ3v) is 6.38. The molecule has 28 heavy (non-hydrogen) atoms. The van der Waals surface area contributed by atoms with Crippen molar-refractivity contribution in [3.63, 3.8) is 0 Å². The van der Waals surface area contributed by atoms with Gasteiger partial charge in [-0.1, -0.05) is 32.6 Å². The van der Waals surface area contributed by atoms with Gasteiger partial charge in [0, 0.05) is 18.4 Å². The van der Waals surface area contributed by atoms with Crippen molar-refractivity contribution in [2.75, 3.05) is 7.11 Å². The van der Waals surface area contributed by atoms with E-state index in [1.165, 1.54) is 10.8 Å². The molecule has 4 heteroatoms. The van der Waals surface area contributed by atoms with Crippen molar-refractivity contribution in [3.05, 3.63) is 57.4 Å². The second kappa shape index (κ2) is 6.85. The molecule has 0 aromatic carbocycles. The molecular weight excluding hydrogens is 348 g/mol. The number of hydrogen-bond acceptors (Lipinski definition) is 4. The fourth-order valence-corrected chi connectivity index (χ4v) is 4.81. The van der Waals surface area contributed by atoms with E-state index in [9.17, 15) is 4.79 Å². The van der Waals surface area contributed by atoms with E-state index in [-0.39, 0.29) is 5.78 Å². The predicted octanol–water partition coefficient (Wildman–Crippen LogP) is 3.21. The van der Waals surface area contributed by atoms with E-state index in [1.54, 1.807) is 14.0 Å². The molecular formula is C24H28N2O2. The van der Waals surface area contributed by atoms with Crippen molar-refractivity contribution in [2.45, 2.75) is 58.6 Å². The second-order valence-corrected chi connectivity index (χ2v) is 7.71. The average molecular weight is 377 g/mol. The van der Waals surface area contributed by atoms with Crippen LogP contribution in [0.2, 0.25) is 0 Å². The lowest BCUT2D eigenvalue weighted by Crippen LogP contribution is -2.42. The first-order chi connectivity index (χ1) is 13.5. The number of ketones is 1. The number of nitrogens with zero attached hydrogens (tertiary/aromatic N) is 2. The molecule has 0 N–H and O–H groups in total. The minimum absolute atomic E-state index is 0.0242. The van der Waals surface area contributed by atoms with Gasteiger partial charge in [0.1, 0.15) is 0 Å². The van der Waals surface area contributed by atoms with Crippen molar-refractivity contribution in [1.29, 1.82) is 0 Å². The van der Waals surface area contributed by atoms with E-state index in [0.717, 1.165) is 59.4 Å². The standard InChI is InChI=1S/C24H28N2O2/c1-6-19-15(3)26-14-18-12-17-10-8-9-11-21(17)25-23(18)22(26)13-20(19)24(7-2,28-5)16(4)27/h10-13H,3,6-9,14H2,1-2,4-5H3. The fourth-order valence-electron chi connectivity index (χ4n) is 4.81. The Kier molecular flexibility index (Phi) is 4.62. The zero-order chi connectivity index (χ0) is 20.1. The SMILES string of the molecule is C=C1C(CC)=C(C(CC)(OC)C(C)=O)C=C2c3nc4c(cc3CN12)=CCCC=4. The molecule has 3 aliphatic rings. The first kappa shape index (κ1) is 18.9. The molecule has 1 unspecified atom stereocenters. The van der Waals surface area contributed by atoms with Crippen LogP contribution in [0.5, 0.6) is 0 Å². The van der Waals surface area contributed by atoms with Crippen molar-refractivity contribution in [2.24, 2.45) is 0 Å². The van der Waals surface area contributed by atoms with Gasteiger partial charge in [-0.05, 0) is 61.1 Å². The second-order valence-electron chi connectivity index (χ2n) is 7.71. The molecule has 2 aliphatic heterocycles. The Bertz CT molecular complexity index is 1050. The number of carbonyl (C=O) groups is 1. The summed E-state index contributed by atoms with van der Waals surface area (Å²) in [7, 11) is 1.63. The summed E-state index contributed by atoms with van der Waals surface area (Å²) >= 11 is 0. The molecule has 0 radical (unpaired) electrons. The van der Waals surface area contributed by atoms with Crippen LogP contribution in [0.3, 0.4) is 0 Å². The van der Waals surface area contributed by atoms with E-state index in [1.807, 2.05) is 6.92 Å². The zero-order valence-electron chi connectivity index (χ0n) is 17.3. The van der Waals surface area contributed by atoms with Crippen LogP contribution < -0.4 is 10.6 Å². The van der Waals surface area contributed by atoms with Gasteiger partial charge >= 0.3 is 0 Å². The minimum Gasteiger partial charge on any atom is -0.366 e. The number of Topliss-reactive ketones (excluding diaryl/α,β-unsaturated/α-hetero) is 1. The van der Waals surface area contributed by atoms with Crippen LogP contribution >= 0.6 is 0 Å². The highest BCUT2D eigenvalue weighted by atomic mass is 16.5. The van der Waals surface area contributed by atoms with Gasteiger partial charge in [-0.3, -0.25) is 4.79 Å². The van der Waals surface area contributed by atoms with E-state index >= 15 is 0 Å². The molecule has 1 aliphatic carbocycles. The number of allylic oxidation sites excluding steroid dienone is 1. The molecule has 0 spiro atoms. The fraction of sp³-hybridized carbons (Fsp3) is 0.417. The lowest BCUT2D eigenvalue weighted by Gasteiger charge is -2.38. The maximum absolute atomic E-state index is 12.7. The minimum atomic E-state index is -0.940. The highest BCUT2D eigenvalue weighted by Crippen LogP contribution is 2.45. The molecule has 146 valence electrons. The quantitative estimate of drug-likeness (QED) is 0.791. The molecule has 0 bridgehead atoms. The van der Waals surface area contributed by atoms with Crippen LogP contribution in [0.25, 0.3) is 17.8 Å². The van der Waals surface area contributed by atoms with E-state index in [2.05, 4.69) is 42.7 Å². The third kappa shape index (κ3) is 2.55. The summed E-state index contributed by atoms with van der Waals surface area (Å²) in [4.78, 5) is 19.9. The lowest BCUT2D eigenvalue weighted by molar-refractivity contribution is -0.134. The third-order valence-electron chi connectivity index (χ3n) is 6.38. The van der Waals surface area contributed by atoms with Gasteiger partial charge in [0.2, 0.25) is 0 Å². The number of rotatable bonds is 5. The first-order valence-electron chi connectivity index (χ1n) is 10.2. The Morgan fingerprint density at radius 1 is 1.32 bits per heavy atom. The van der Waals surface area contributed by atoms with E-state index in [4.69, 9.17) is 9.72 Å². The number of methoxy groups -OCH3 is 1. The Balaban J connectivity index is 1.96. The molecule has 3 heterocycles. The molecule has 4 nitrogen and oxygen atoms in total. The molecule has 1 aromatic rings. The van der Waals surface area contributed by atoms with Gasteiger partial charge < -0.3 is 9.64 Å². The first-order valence-corrected chi connectivity index (χ1v) is 10.2. The highest BCUT2D eigenvalue weighted by molar-refractivity contribution is 5.92. The number of hydrogen-bond donors (Lipinski definition) is 0. The van der Waals surface area contributed by atoms with Gasteiger partial charge in [-0.2, -0.15) is 0 Å².